The first-order valence-electron chi connectivity index (χ1n) is 5.73. The Labute approximate surface area is 116 Å². The minimum Gasteiger partial charge on any atom is -0.496 e. The van der Waals surface area contributed by atoms with E-state index in [2.05, 4.69) is 28.1 Å². The Hall–Kier alpha value is -1.48. The Morgan fingerprint density at radius 2 is 1.83 bits per heavy atom. The van der Waals surface area contributed by atoms with E-state index in [1.807, 2.05) is 36.4 Å². The van der Waals surface area contributed by atoms with E-state index in [-0.39, 0.29) is 0 Å². The van der Waals surface area contributed by atoms with Gasteiger partial charge in [-0.05, 0) is 23.8 Å². The molecule has 0 spiro atoms. The number of hydrogen-bond donors (Lipinski definition) is 0. The first kappa shape index (κ1) is 13.0. The molecule has 2 rings (SSSR count). The summed E-state index contributed by atoms with van der Waals surface area (Å²) in [5.74, 6) is 1.73. The van der Waals surface area contributed by atoms with E-state index in [9.17, 15) is 0 Å². The van der Waals surface area contributed by atoms with Crippen molar-refractivity contribution in [3.8, 4) is 11.5 Å². The van der Waals surface area contributed by atoms with Crippen molar-refractivity contribution in [3.05, 3.63) is 59.7 Å². The summed E-state index contributed by atoms with van der Waals surface area (Å²) in [4.78, 5) is 0. The van der Waals surface area contributed by atoms with Crippen molar-refractivity contribution in [3.63, 3.8) is 0 Å². The number of halogens is 1. The minimum absolute atomic E-state index is 0.578. The molecule has 0 atom stereocenters. The van der Waals surface area contributed by atoms with Gasteiger partial charge in [0.15, 0.2) is 0 Å². The number of benzene rings is 2. The highest BCUT2D eigenvalue weighted by atomic mass is 79.9. The molecular weight excluding hydrogens is 292 g/mol. The van der Waals surface area contributed by atoms with Crippen LogP contribution in [0.15, 0.2) is 48.5 Å². The summed E-state index contributed by atoms with van der Waals surface area (Å²) >= 11 is 3.44. The van der Waals surface area contributed by atoms with Crippen LogP contribution in [0.4, 0.5) is 0 Å². The van der Waals surface area contributed by atoms with E-state index in [0.29, 0.717) is 6.61 Å². The number of methoxy groups -OCH3 is 1. The van der Waals surface area contributed by atoms with E-state index < -0.39 is 0 Å². The lowest BCUT2D eigenvalue weighted by atomic mass is 10.2. The number of ether oxygens (including phenoxy) is 2. The summed E-state index contributed by atoms with van der Waals surface area (Å²) in [6.45, 7) is 0.578. The SMILES string of the molecule is COc1ccc(OCc2ccccc2)cc1CBr. The minimum atomic E-state index is 0.578. The monoisotopic (exact) mass is 306 g/mol. The molecule has 0 saturated carbocycles. The number of rotatable bonds is 5. The van der Waals surface area contributed by atoms with Gasteiger partial charge in [-0.15, -0.1) is 0 Å². The maximum Gasteiger partial charge on any atom is 0.123 e. The quantitative estimate of drug-likeness (QED) is 0.772. The van der Waals surface area contributed by atoms with Gasteiger partial charge in [-0.1, -0.05) is 46.3 Å². The molecule has 2 aromatic carbocycles. The molecule has 0 saturated heterocycles. The zero-order valence-electron chi connectivity index (χ0n) is 10.2. The molecule has 94 valence electrons. The molecule has 2 nitrogen and oxygen atoms in total. The third-order valence-electron chi connectivity index (χ3n) is 2.64. The first-order chi connectivity index (χ1) is 8.83. The molecule has 0 N–H and O–H groups in total. The van der Waals surface area contributed by atoms with E-state index in [0.717, 1.165) is 28.0 Å². The average Bonchev–Trinajstić information content (AvgIpc) is 2.45. The molecule has 3 heteroatoms. The summed E-state index contributed by atoms with van der Waals surface area (Å²) in [5.41, 5.74) is 2.25. The Balaban J connectivity index is 2.06. The van der Waals surface area contributed by atoms with Crippen molar-refractivity contribution < 1.29 is 9.47 Å². The molecule has 0 amide bonds. The van der Waals surface area contributed by atoms with Crippen LogP contribution in [0.1, 0.15) is 11.1 Å². The van der Waals surface area contributed by atoms with Crippen LogP contribution in [0.2, 0.25) is 0 Å². The summed E-state index contributed by atoms with van der Waals surface area (Å²) in [5, 5.41) is 0.749. The molecule has 2 aromatic rings. The lowest BCUT2D eigenvalue weighted by Crippen LogP contribution is -1.96. The van der Waals surface area contributed by atoms with Gasteiger partial charge in [0.25, 0.3) is 0 Å². The van der Waals surface area contributed by atoms with Crippen LogP contribution in [0, 0.1) is 0 Å². The van der Waals surface area contributed by atoms with Gasteiger partial charge in [0.1, 0.15) is 18.1 Å². The van der Waals surface area contributed by atoms with E-state index in [1.165, 1.54) is 0 Å². The molecule has 0 bridgehead atoms. The highest BCUT2D eigenvalue weighted by Crippen LogP contribution is 2.26. The van der Waals surface area contributed by atoms with Crippen LogP contribution >= 0.6 is 15.9 Å². The Morgan fingerprint density at radius 1 is 1.06 bits per heavy atom. The molecule has 0 heterocycles. The normalized spacial score (nSPS) is 10.1. The van der Waals surface area contributed by atoms with Gasteiger partial charge in [-0.25, -0.2) is 0 Å². The summed E-state index contributed by atoms with van der Waals surface area (Å²) in [6, 6.07) is 16.0. The van der Waals surface area contributed by atoms with Crippen LogP contribution in [0.3, 0.4) is 0 Å². The third kappa shape index (κ3) is 3.26. The maximum atomic E-state index is 5.76. The number of hydrogen-bond acceptors (Lipinski definition) is 2. The van der Waals surface area contributed by atoms with Gasteiger partial charge in [0.05, 0.1) is 7.11 Å². The molecule has 0 fully saturated rings. The molecule has 0 aliphatic rings. The highest BCUT2D eigenvalue weighted by molar-refractivity contribution is 9.08. The molecular formula is C15H15BrO2. The van der Waals surface area contributed by atoms with Crippen molar-refractivity contribution in [1.29, 1.82) is 0 Å². The summed E-state index contributed by atoms with van der Waals surface area (Å²) in [7, 11) is 1.67. The van der Waals surface area contributed by atoms with E-state index in [4.69, 9.17) is 9.47 Å². The predicted octanol–water partition coefficient (Wildman–Crippen LogP) is 4.17. The largest absolute Gasteiger partial charge is 0.496 e. The predicted molar refractivity (Wildman–Crippen MR) is 76.4 cm³/mol. The van der Waals surface area contributed by atoms with Crippen LogP contribution in [0.25, 0.3) is 0 Å². The molecule has 0 aliphatic carbocycles. The Bertz CT molecular complexity index is 497. The fraction of sp³-hybridized carbons (Fsp3) is 0.200. The molecule has 0 aliphatic heterocycles. The van der Waals surface area contributed by atoms with Crippen molar-refractivity contribution in [2.75, 3.05) is 7.11 Å². The van der Waals surface area contributed by atoms with Crippen LogP contribution in [-0.4, -0.2) is 7.11 Å². The van der Waals surface area contributed by atoms with Crippen LogP contribution in [0.5, 0.6) is 11.5 Å². The van der Waals surface area contributed by atoms with Crippen molar-refractivity contribution in [2.45, 2.75) is 11.9 Å². The van der Waals surface area contributed by atoms with Crippen molar-refractivity contribution in [2.24, 2.45) is 0 Å². The first-order valence-corrected chi connectivity index (χ1v) is 6.85. The Morgan fingerprint density at radius 3 is 2.50 bits per heavy atom. The molecule has 0 aromatic heterocycles. The second-order valence-corrected chi connectivity index (χ2v) is 4.44. The fourth-order valence-electron chi connectivity index (χ4n) is 1.69. The molecule has 0 unspecified atom stereocenters. The summed E-state index contributed by atoms with van der Waals surface area (Å²) < 4.78 is 11.0. The zero-order chi connectivity index (χ0) is 12.8. The van der Waals surface area contributed by atoms with E-state index >= 15 is 0 Å². The van der Waals surface area contributed by atoms with Gasteiger partial charge in [-0.3, -0.25) is 0 Å². The maximum absolute atomic E-state index is 5.76. The van der Waals surface area contributed by atoms with Gasteiger partial charge in [-0.2, -0.15) is 0 Å². The van der Waals surface area contributed by atoms with Crippen LogP contribution < -0.4 is 9.47 Å². The second kappa shape index (κ2) is 6.45. The van der Waals surface area contributed by atoms with Gasteiger partial charge >= 0.3 is 0 Å². The lowest BCUT2D eigenvalue weighted by molar-refractivity contribution is 0.305. The topological polar surface area (TPSA) is 18.5 Å². The third-order valence-corrected chi connectivity index (χ3v) is 3.25. The van der Waals surface area contributed by atoms with Gasteiger partial charge < -0.3 is 9.47 Å². The second-order valence-electron chi connectivity index (χ2n) is 3.88. The molecule has 0 radical (unpaired) electrons. The van der Waals surface area contributed by atoms with Gasteiger partial charge in [0, 0.05) is 10.9 Å². The zero-order valence-corrected chi connectivity index (χ0v) is 11.8. The smallest absolute Gasteiger partial charge is 0.123 e. The number of alkyl halides is 1. The van der Waals surface area contributed by atoms with Gasteiger partial charge in [0.2, 0.25) is 0 Å². The van der Waals surface area contributed by atoms with Crippen molar-refractivity contribution in [1.82, 2.24) is 0 Å². The lowest BCUT2D eigenvalue weighted by Gasteiger charge is -2.10. The van der Waals surface area contributed by atoms with Crippen LogP contribution in [-0.2, 0) is 11.9 Å². The summed E-state index contributed by atoms with van der Waals surface area (Å²) in [6.07, 6.45) is 0. The average molecular weight is 307 g/mol. The highest BCUT2D eigenvalue weighted by Gasteiger charge is 2.04. The van der Waals surface area contributed by atoms with E-state index in [1.54, 1.807) is 7.11 Å². The Kier molecular flexibility index (Phi) is 4.65. The molecule has 18 heavy (non-hydrogen) atoms. The fourth-order valence-corrected chi connectivity index (χ4v) is 2.13. The van der Waals surface area contributed by atoms with Crippen molar-refractivity contribution >= 4 is 15.9 Å². The standard InChI is InChI=1S/C15H15BrO2/c1-17-15-8-7-14(9-13(15)10-16)18-11-12-5-3-2-4-6-12/h2-9H,10-11H2,1H3.